The van der Waals surface area contributed by atoms with Gasteiger partial charge in [-0.3, -0.25) is 9.78 Å². The Morgan fingerprint density at radius 2 is 1.87 bits per heavy atom. The van der Waals surface area contributed by atoms with Gasteiger partial charge in [0, 0.05) is 25.5 Å². The van der Waals surface area contributed by atoms with E-state index in [4.69, 9.17) is 0 Å². The van der Waals surface area contributed by atoms with Gasteiger partial charge in [-0.2, -0.15) is 0 Å². The molecule has 1 fully saturated rings. The van der Waals surface area contributed by atoms with Gasteiger partial charge in [-0.25, -0.2) is 0 Å². The van der Waals surface area contributed by atoms with Crippen molar-refractivity contribution in [2.24, 2.45) is 5.41 Å². The zero-order valence-corrected chi connectivity index (χ0v) is 13.2. The molecule has 2 aromatic rings. The fraction of sp³-hybridized carbons (Fsp3) is 0.368. The molecule has 1 aliphatic carbocycles. The third kappa shape index (κ3) is 3.77. The Balaban J connectivity index is 1.72. The molecule has 0 atom stereocenters. The highest BCUT2D eigenvalue weighted by atomic mass is 16.3. The molecule has 3 rings (SSSR count). The van der Waals surface area contributed by atoms with Crippen molar-refractivity contribution >= 4 is 5.91 Å². The topological polar surface area (TPSA) is 53.4 Å². The molecule has 4 heteroatoms. The number of carbonyl (C=O) groups is 1. The van der Waals surface area contributed by atoms with Crippen molar-refractivity contribution < 1.29 is 9.90 Å². The largest absolute Gasteiger partial charge is 0.395 e. The van der Waals surface area contributed by atoms with E-state index in [2.05, 4.69) is 17.1 Å². The van der Waals surface area contributed by atoms with Crippen LogP contribution in [0, 0.1) is 5.41 Å². The van der Waals surface area contributed by atoms with E-state index in [0.717, 1.165) is 24.8 Å². The van der Waals surface area contributed by atoms with E-state index in [1.165, 1.54) is 5.56 Å². The molecule has 1 aromatic heterocycles. The van der Waals surface area contributed by atoms with Crippen LogP contribution in [-0.4, -0.2) is 34.0 Å². The van der Waals surface area contributed by atoms with E-state index in [1.54, 1.807) is 12.4 Å². The van der Waals surface area contributed by atoms with Crippen LogP contribution in [0.25, 0.3) is 0 Å². The Hall–Kier alpha value is -2.20. The zero-order chi connectivity index (χ0) is 16.1. The maximum atomic E-state index is 12.8. The number of amides is 1. The summed E-state index contributed by atoms with van der Waals surface area (Å²) in [5.74, 6) is 0.0692. The van der Waals surface area contributed by atoms with Crippen LogP contribution in [0.2, 0.25) is 0 Å². The summed E-state index contributed by atoms with van der Waals surface area (Å²) in [6.45, 7) is 1.14. The van der Waals surface area contributed by atoms with Crippen LogP contribution in [0.1, 0.15) is 24.0 Å². The summed E-state index contributed by atoms with van der Waals surface area (Å²) in [6, 6.07) is 14.0. The highest BCUT2D eigenvalue weighted by Gasteiger charge is 2.51. The number of carbonyl (C=O) groups excluding carboxylic acids is 1. The standard InChI is InChI=1S/C19H22N2O2/c22-15-19(9-10-19)18(23)21(14-17-7-4-11-20-13-17)12-8-16-5-2-1-3-6-16/h1-7,11,13,22H,8-10,12,14-15H2. The minimum absolute atomic E-state index is 0.0549. The summed E-state index contributed by atoms with van der Waals surface area (Å²) in [5.41, 5.74) is 1.70. The van der Waals surface area contributed by atoms with Crippen molar-refractivity contribution in [1.29, 1.82) is 0 Å². The molecule has 0 bridgehead atoms. The van der Waals surface area contributed by atoms with Gasteiger partial charge in [0.2, 0.25) is 5.91 Å². The third-order valence-electron chi connectivity index (χ3n) is 4.51. The van der Waals surface area contributed by atoms with Crippen molar-refractivity contribution in [2.45, 2.75) is 25.8 Å². The smallest absolute Gasteiger partial charge is 0.231 e. The lowest BCUT2D eigenvalue weighted by atomic mass is 10.1. The predicted octanol–water partition coefficient (Wildman–Crippen LogP) is 2.43. The second-order valence-corrected chi connectivity index (χ2v) is 6.26. The molecule has 1 saturated carbocycles. The second kappa shape index (κ2) is 6.92. The van der Waals surface area contributed by atoms with Gasteiger partial charge in [0.15, 0.2) is 0 Å². The number of aliphatic hydroxyl groups is 1. The predicted molar refractivity (Wildman–Crippen MR) is 88.6 cm³/mol. The van der Waals surface area contributed by atoms with Crippen molar-refractivity contribution in [3.8, 4) is 0 Å². The first-order chi connectivity index (χ1) is 11.2. The fourth-order valence-corrected chi connectivity index (χ4v) is 2.80. The van der Waals surface area contributed by atoms with E-state index in [9.17, 15) is 9.90 Å². The third-order valence-corrected chi connectivity index (χ3v) is 4.51. The average Bonchev–Trinajstić information content (AvgIpc) is 3.41. The Labute approximate surface area is 136 Å². The van der Waals surface area contributed by atoms with Gasteiger partial charge in [0.1, 0.15) is 0 Å². The average molecular weight is 310 g/mol. The van der Waals surface area contributed by atoms with Gasteiger partial charge in [-0.1, -0.05) is 36.4 Å². The normalized spacial score (nSPS) is 15.2. The Morgan fingerprint density at radius 3 is 2.48 bits per heavy atom. The molecule has 1 amide bonds. The van der Waals surface area contributed by atoms with Crippen LogP contribution in [-0.2, 0) is 17.8 Å². The molecule has 0 radical (unpaired) electrons. The first-order valence-corrected chi connectivity index (χ1v) is 8.07. The van der Waals surface area contributed by atoms with Gasteiger partial charge >= 0.3 is 0 Å². The van der Waals surface area contributed by atoms with E-state index >= 15 is 0 Å². The molecule has 1 aliphatic rings. The number of rotatable bonds is 7. The van der Waals surface area contributed by atoms with Crippen LogP contribution in [0.3, 0.4) is 0 Å². The summed E-state index contributed by atoms with van der Waals surface area (Å²) in [6.07, 6.45) is 5.92. The van der Waals surface area contributed by atoms with Crippen LogP contribution >= 0.6 is 0 Å². The minimum Gasteiger partial charge on any atom is -0.395 e. The summed E-state index contributed by atoms with van der Waals surface area (Å²) in [4.78, 5) is 18.8. The van der Waals surface area contributed by atoms with E-state index < -0.39 is 5.41 Å². The molecule has 0 aliphatic heterocycles. The first-order valence-electron chi connectivity index (χ1n) is 8.07. The molecule has 1 heterocycles. The number of hydrogen-bond acceptors (Lipinski definition) is 3. The first kappa shape index (κ1) is 15.7. The van der Waals surface area contributed by atoms with E-state index in [0.29, 0.717) is 13.1 Å². The quantitative estimate of drug-likeness (QED) is 0.854. The molecule has 1 aromatic carbocycles. The molecule has 23 heavy (non-hydrogen) atoms. The number of aliphatic hydroxyl groups excluding tert-OH is 1. The summed E-state index contributed by atoms with van der Waals surface area (Å²) in [7, 11) is 0. The van der Waals surface area contributed by atoms with Crippen LogP contribution in [0.5, 0.6) is 0 Å². The van der Waals surface area contributed by atoms with Crippen molar-refractivity contribution in [3.05, 3.63) is 66.0 Å². The van der Waals surface area contributed by atoms with Gasteiger partial charge in [0.05, 0.1) is 12.0 Å². The SMILES string of the molecule is O=C(N(CCc1ccccc1)Cc1cccnc1)C1(CO)CC1. The highest BCUT2D eigenvalue weighted by molar-refractivity contribution is 5.85. The van der Waals surface area contributed by atoms with E-state index in [1.807, 2.05) is 35.2 Å². The van der Waals surface area contributed by atoms with Crippen LogP contribution in [0.15, 0.2) is 54.9 Å². The maximum absolute atomic E-state index is 12.8. The molecular formula is C19H22N2O2. The Morgan fingerprint density at radius 1 is 1.13 bits per heavy atom. The van der Waals surface area contributed by atoms with E-state index in [-0.39, 0.29) is 12.5 Å². The molecular weight excluding hydrogens is 288 g/mol. The summed E-state index contributed by atoms with van der Waals surface area (Å²) >= 11 is 0. The van der Waals surface area contributed by atoms with Gasteiger partial charge in [-0.05, 0) is 36.5 Å². The highest BCUT2D eigenvalue weighted by Crippen LogP contribution is 2.46. The maximum Gasteiger partial charge on any atom is 0.231 e. The molecule has 1 N–H and O–H groups in total. The Bertz CT molecular complexity index is 639. The number of nitrogens with zero attached hydrogens (tertiary/aromatic N) is 2. The Kier molecular flexibility index (Phi) is 4.72. The lowest BCUT2D eigenvalue weighted by molar-refractivity contribution is -0.139. The molecule has 4 nitrogen and oxygen atoms in total. The molecule has 120 valence electrons. The zero-order valence-electron chi connectivity index (χ0n) is 13.2. The monoisotopic (exact) mass is 310 g/mol. The number of benzene rings is 1. The van der Waals surface area contributed by atoms with Crippen molar-refractivity contribution in [1.82, 2.24) is 9.88 Å². The van der Waals surface area contributed by atoms with Gasteiger partial charge in [0.25, 0.3) is 0 Å². The number of aromatic nitrogens is 1. The molecule has 0 saturated heterocycles. The number of pyridine rings is 1. The van der Waals surface area contributed by atoms with Crippen LogP contribution < -0.4 is 0 Å². The van der Waals surface area contributed by atoms with Gasteiger partial charge in [-0.15, -0.1) is 0 Å². The lowest BCUT2D eigenvalue weighted by Crippen LogP contribution is -2.39. The number of hydrogen-bond donors (Lipinski definition) is 1. The van der Waals surface area contributed by atoms with Crippen molar-refractivity contribution in [2.75, 3.05) is 13.2 Å². The minimum atomic E-state index is -0.529. The van der Waals surface area contributed by atoms with Crippen LogP contribution in [0.4, 0.5) is 0 Å². The molecule has 0 spiro atoms. The lowest BCUT2D eigenvalue weighted by Gasteiger charge is -2.27. The summed E-state index contributed by atoms with van der Waals surface area (Å²) in [5, 5.41) is 9.57. The second-order valence-electron chi connectivity index (χ2n) is 6.26. The van der Waals surface area contributed by atoms with Crippen molar-refractivity contribution in [3.63, 3.8) is 0 Å². The molecule has 0 unspecified atom stereocenters. The fourth-order valence-electron chi connectivity index (χ4n) is 2.80. The summed E-state index contributed by atoms with van der Waals surface area (Å²) < 4.78 is 0. The van der Waals surface area contributed by atoms with Gasteiger partial charge < -0.3 is 10.0 Å².